The van der Waals surface area contributed by atoms with Crippen LogP contribution in [0.4, 0.5) is 11.4 Å². The predicted octanol–water partition coefficient (Wildman–Crippen LogP) is 1.40. The number of rotatable bonds is 4. The first-order chi connectivity index (χ1) is 8.73. The maximum atomic E-state index is 12.2. The Labute approximate surface area is 111 Å². The number of hydrogen-bond donors (Lipinski definition) is 2. The lowest BCUT2D eigenvalue weighted by molar-refractivity contribution is -0.385. The van der Waals surface area contributed by atoms with E-state index in [0.29, 0.717) is 0 Å². The van der Waals surface area contributed by atoms with Crippen molar-refractivity contribution in [2.45, 2.75) is 36.6 Å². The number of sulfonamides is 1. The number of anilines is 1. The molecule has 1 aliphatic carbocycles. The van der Waals surface area contributed by atoms with Crippen molar-refractivity contribution in [1.82, 2.24) is 4.72 Å². The van der Waals surface area contributed by atoms with Crippen LogP contribution < -0.4 is 10.5 Å². The molecule has 0 amide bonds. The number of nitrogens with zero attached hydrogens (tertiary/aromatic N) is 1. The quantitative estimate of drug-likeness (QED) is 0.493. The van der Waals surface area contributed by atoms with Gasteiger partial charge in [0.15, 0.2) is 0 Å². The molecular weight excluding hydrogens is 270 g/mol. The zero-order chi connectivity index (χ0) is 14.3. The second-order valence-electron chi connectivity index (χ2n) is 5.00. The molecule has 19 heavy (non-hydrogen) atoms. The Bertz CT molecular complexity index is 623. The fourth-order valence-electron chi connectivity index (χ4n) is 2.06. The molecule has 8 heteroatoms. The standard InChI is InChI=1S/C11H15N3O4S/c1-11(5-2-6-11)13-19(17,18)10-7-8(14(15)16)3-4-9(10)12/h3-4,7,13H,2,5-6,12H2,1H3. The third-order valence-corrected chi connectivity index (χ3v) is 5.03. The summed E-state index contributed by atoms with van der Waals surface area (Å²) in [6.45, 7) is 1.81. The molecule has 2 rings (SSSR count). The SMILES string of the molecule is CC1(NS(=O)(=O)c2cc([N+](=O)[O-])ccc2N)CCC1. The second-order valence-corrected chi connectivity index (χ2v) is 6.65. The minimum absolute atomic E-state index is 0.000948. The Kier molecular flexibility index (Phi) is 3.23. The zero-order valence-electron chi connectivity index (χ0n) is 10.4. The van der Waals surface area contributed by atoms with Gasteiger partial charge in [0.1, 0.15) is 4.90 Å². The second kappa shape index (κ2) is 4.46. The molecule has 0 bridgehead atoms. The van der Waals surface area contributed by atoms with Gasteiger partial charge in [-0.2, -0.15) is 0 Å². The van der Waals surface area contributed by atoms with Gasteiger partial charge < -0.3 is 5.73 Å². The normalized spacial score (nSPS) is 17.7. The van der Waals surface area contributed by atoms with Crippen LogP contribution >= 0.6 is 0 Å². The molecule has 3 N–H and O–H groups in total. The molecule has 0 unspecified atom stereocenters. The number of nitro groups is 1. The molecule has 1 aliphatic rings. The summed E-state index contributed by atoms with van der Waals surface area (Å²) < 4.78 is 27.0. The van der Waals surface area contributed by atoms with Crippen LogP contribution in [0.2, 0.25) is 0 Å². The Morgan fingerprint density at radius 1 is 1.42 bits per heavy atom. The van der Waals surface area contributed by atoms with E-state index in [1.807, 2.05) is 6.92 Å². The number of nitrogens with two attached hydrogens (primary N) is 1. The fraction of sp³-hybridized carbons (Fsp3) is 0.455. The van der Waals surface area contributed by atoms with Crippen molar-refractivity contribution in [2.24, 2.45) is 0 Å². The Balaban J connectivity index is 2.39. The molecule has 0 atom stereocenters. The molecule has 1 aromatic carbocycles. The molecule has 0 spiro atoms. The van der Waals surface area contributed by atoms with Crippen LogP contribution in [0.15, 0.2) is 23.1 Å². The van der Waals surface area contributed by atoms with E-state index in [-0.39, 0.29) is 16.3 Å². The van der Waals surface area contributed by atoms with Crippen molar-refractivity contribution in [2.75, 3.05) is 5.73 Å². The van der Waals surface area contributed by atoms with Gasteiger partial charge >= 0.3 is 0 Å². The van der Waals surface area contributed by atoms with Gasteiger partial charge in [-0.3, -0.25) is 10.1 Å². The largest absolute Gasteiger partial charge is 0.398 e. The van der Waals surface area contributed by atoms with Crippen molar-refractivity contribution < 1.29 is 13.3 Å². The zero-order valence-corrected chi connectivity index (χ0v) is 11.2. The van der Waals surface area contributed by atoms with E-state index in [2.05, 4.69) is 4.72 Å². The highest BCUT2D eigenvalue weighted by atomic mass is 32.2. The van der Waals surface area contributed by atoms with Crippen LogP contribution in [0.5, 0.6) is 0 Å². The Morgan fingerprint density at radius 2 is 2.05 bits per heavy atom. The molecular formula is C11H15N3O4S. The average molecular weight is 285 g/mol. The van der Waals surface area contributed by atoms with E-state index in [9.17, 15) is 18.5 Å². The van der Waals surface area contributed by atoms with Crippen LogP contribution in [0.3, 0.4) is 0 Å². The van der Waals surface area contributed by atoms with Crippen molar-refractivity contribution in [3.8, 4) is 0 Å². The summed E-state index contributed by atoms with van der Waals surface area (Å²) in [6, 6.07) is 3.40. The monoisotopic (exact) mass is 285 g/mol. The molecule has 0 aromatic heterocycles. The van der Waals surface area contributed by atoms with Crippen LogP contribution in [-0.4, -0.2) is 18.9 Å². The minimum Gasteiger partial charge on any atom is -0.398 e. The summed E-state index contributed by atoms with van der Waals surface area (Å²) in [7, 11) is -3.84. The van der Waals surface area contributed by atoms with Gasteiger partial charge in [0.2, 0.25) is 10.0 Å². The molecule has 0 saturated heterocycles. The average Bonchev–Trinajstić information content (AvgIpc) is 2.26. The lowest BCUT2D eigenvalue weighted by atomic mass is 9.80. The van der Waals surface area contributed by atoms with Crippen molar-refractivity contribution >= 4 is 21.4 Å². The van der Waals surface area contributed by atoms with Gasteiger partial charge in [-0.05, 0) is 32.3 Å². The lowest BCUT2D eigenvalue weighted by Gasteiger charge is -2.38. The van der Waals surface area contributed by atoms with Crippen LogP contribution in [0.1, 0.15) is 26.2 Å². The Hall–Kier alpha value is -1.67. The van der Waals surface area contributed by atoms with Crippen LogP contribution in [0, 0.1) is 10.1 Å². The first-order valence-corrected chi connectivity index (χ1v) is 7.30. The van der Waals surface area contributed by atoms with Gasteiger partial charge in [0.25, 0.3) is 5.69 Å². The molecule has 104 valence electrons. The molecule has 1 saturated carbocycles. The van der Waals surface area contributed by atoms with Crippen molar-refractivity contribution in [1.29, 1.82) is 0 Å². The van der Waals surface area contributed by atoms with Crippen molar-refractivity contribution in [3.05, 3.63) is 28.3 Å². The van der Waals surface area contributed by atoms with Gasteiger partial charge in [0.05, 0.1) is 10.6 Å². The number of non-ortho nitro benzene ring substituents is 1. The van der Waals surface area contributed by atoms with E-state index in [0.717, 1.165) is 25.3 Å². The van der Waals surface area contributed by atoms with E-state index >= 15 is 0 Å². The Morgan fingerprint density at radius 3 is 2.53 bits per heavy atom. The number of benzene rings is 1. The van der Waals surface area contributed by atoms with Gasteiger partial charge in [-0.25, -0.2) is 13.1 Å². The third-order valence-electron chi connectivity index (χ3n) is 3.34. The van der Waals surface area contributed by atoms with Gasteiger partial charge in [-0.1, -0.05) is 0 Å². The van der Waals surface area contributed by atoms with E-state index in [1.165, 1.54) is 12.1 Å². The topological polar surface area (TPSA) is 115 Å². The number of nitrogen functional groups attached to an aromatic ring is 1. The smallest absolute Gasteiger partial charge is 0.270 e. The molecule has 7 nitrogen and oxygen atoms in total. The van der Waals surface area contributed by atoms with E-state index in [4.69, 9.17) is 5.73 Å². The minimum atomic E-state index is -3.84. The van der Waals surface area contributed by atoms with Crippen LogP contribution in [0.25, 0.3) is 0 Å². The summed E-state index contributed by atoms with van der Waals surface area (Å²) in [4.78, 5) is 9.80. The first-order valence-electron chi connectivity index (χ1n) is 5.81. The lowest BCUT2D eigenvalue weighted by Crippen LogP contribution is -2.50. The molecule has 0 radical (unpaired) electrons. The fourth-order valence-corrected chi connectivity index (χ4v) is 3.67. The number of nitro benzene ring substituents is 1. The van der Waals surface area contributed by atoms with Gasteiger partial charge in [-0.15, -0.1) is 0 Å². The number of hydrogen-bond acceptors (Lipinski definition) is 5. The summed E-state index contributed by atoms with van der Waals surface area (Å²) in [5.41, 5.74) is 4.84. The maximum absolute atomic E-state index is 12.2. The molecule has 0 heterocycles. The number of nitrogens with one attached hydrogen (secondary N) is 1. The third kappa shape index (κ3) is 2.69. The maximum Gasteiger partial charge on any atom is 0.270 e. The summed E-state index contributed by atoms with van der Waals surface area (Å²) in [5.74, 6) is 0. The summed E-state index contributed by atoms with van der Waals surface area (Å²) in [5, 5.41) is 10.7. The van der Waals surface area contributed by atoms with Gasteiger partial charge in [0, 0.05) is 17.7 Å². The first kappa shape index (κ1) is 13.8. The summed E-state index contributed by atoms with van der Waals surface area (Å²) >= 11 is 0. The highest BCUT2D eigenvalue weighted by Gasteiger charge is 2.37. The molecule has 1 fully saturated rings. The summed E-state index contributed by atoms with van der Waals surface area (Å²) in [6.07, 6.45) is 2.46. The van der Waals surface area contributed by atoms with Crippen LogP contribution in [-0.2, 0) is 10.0 Å². The highest BCUT2D eigenvalue weighted by Crippen LogP contribution is 2.34. The van der Waals surface area contributed by atoms with Crippen molar-refractivity contribution in [3.63, 3.8) is 0 Å². The van der Waals surface area contributed by atoms with E-state index in [1.54, 1.807) is 0 Å². The molecule has 0 aliphatic heterocycles. The molecule has 1 aromatic rings. The predicted molar refractivity (Wildman–Crippen MR) is 70.1 cm³/mol. The van der Waals surface area contributed by atoms with E-state index < -0.39 is 20.5 Å². The highest BCUT2D eigenvalue weighted by molar-refractivity contribution is 7.89.